The van der Waals surface area contributed by atoms with Gasteiger partial charge in [0.25, 0.3) is 0 Å². The summed E-state index contributed by atoms with van der Waals surface area (Å²) in [4.78, 5) is 0.733. The van der Waals surface area contributed by atoms with Crippen LogP contribution in [0.3, 0.4) is 0 Å². The van der Waals surface area contributed by atoms with Gasteiger partial charge in [-0.3, -0.25) is 0 Å². The van der Waals surface area contributed by atoms with E-state index in [1.54, 1.807) is 6.07 Å². The summed E-state index contributed by atoms with van der Waals surface area (Å²) in [5.41, 5.74) is 0.773. The molecular formula is C10H11ClFN3S. The van der Waals surface area contributed by atoms with Gasteiger partial charge in [0.1, 0.15) is 5.82 Å². The molecule has 0 saturated heterocycles. The first-order chi connectivity index (χ1) is 7.56. The topological polar surface area (TPSA) is 36.4 Å². The molecule has 1 heterocycles. The smallest absolute Gasteiger partial charge is 0.208 e. The SMILES string of the molecule is CC(C)NC1=NSc2cc(F)c(Cl)cc2N1. The lowest BCUT2D eigenvalue weighted by molar-refractivity contribution is 0.625. The molecule has 0 spiro atoms. The van der Waals surface area contributed by atoms with Crippen LogP contribution in [0.2, 0.25) is 5.02 Å². The van der Waals surface area contributed by atoms with Crippen molar-refractivity contribution >= 4 is 35.2 Å². The van der Waals surface area contributed by atoms with E-state index >= 15 is 0 Å². The summed E-state index contributed by atoms with van der Waals surface area (Å²) in [5.74, 6) is 0.236. The number of nitrogens with zero attached hydrogens (tertiary/aromatic N) is 1. The molecule has 6 heteroatoms. The van der Waals surface area contributed by atoms with Gasteiger partial charge in [0.2, 0.25) is 5.96 Å². The molecule has 0 bridgehead atoms. The summed E-state index contributed by atoms with van der Waals surface area (Å²) in [5, 5.41) is 6.31. The van der Waals surface area contributed by atoms with Gasteiger partial charge in [0, 0.05) is 18.0 Å². The molecule has 1 aromatic carbocycles. The van der Waals surface area contributed by atoms with Gasteiger partial charge in [-0.25, -0.2) is 4.39 Å². The normalized spacial score (nSPS) is 14.2. The van der Waals surface area contributed by atoms with E-state index in [4.69, 9.17) is 11.6 Å². The maximum absolute atomic E-state index is 13.2. The van der Waals surface area contributed by atoms with Crippen molar-refractivity contribution in [3.05, 3.63) is 23.0 Å². The first kappa shape index (κ1) is 11.5. The third kappa shape index (κ3) is 2.41. The summed E-state index contributed by atoms with van der Waals surface area (Å²) in [7, 11) is 0. The molecule has 86 valence electrons. The highest BCUT2D eigenvalue weighted by atomic mass is 35.5. The average Bonchev–Trinajstić information content (AvgIpc) is 2.19. The van der Waals surface area contributed by atoms with Crippen LogP contribution >= 0.6 is 23.5 Å². The number of anilines is 1. The fourth-order valence-corrected chi connectivity index (χ4v) is 2.10. The van der Waals surface area contributed by atoms with Gasteiger partial charge >= 0.3 is 0 Å². The van der Waals surface area contributed by atoms with Crippen LogP contribution in [-0.4, -0.2) is 12.0 Å². The van der Waals surface area contributed by atoms with Crippen LogP contribution in [0.5, 0.6) is 0 Å². The van der Waals surface area contributed by atoms with E-state index in [-0.39, 0.29) is 11.1 Å². The largest absolute Gasteiger partial charge is 0.353 e. The van der Waals surface area contributed by atoms with E-state index in [1.807, 2.05) is 13.8 Å². The molecule has 16 heavy (non-hydrogen) atoms. The molecule has 0 aliphatic carbocycles. The third-order valence-electron chi connectivity index (χ3n) is 1.94. The zero-order valence-corrected chi connectivity index (χ0v) is 10.4. The predicted molar refractivity (Wildman–Crippen MR) is 66.6 cm³/mol. The van der Waals surface area contributed by atoms with Gasteiger partial charge in [-0.2, -0.15) is 4.40 Å². The Labute approximate surface area is 103 Å². The monoisotopic (exact) mass is 259 g/mol. The Morgan fingerprint density at radius 2 is 2.25 bits per heavy atom. The van der Waals surface area contributed by atoms with Crippen LogP contribution in [0.15, 0.2) is 21.4 Å². The van der Waals surface area contributed by atoms with Crippen LogP contribution in [0, 0.1) is 5.82 Å². The maximum atomic E-state index is 13.2. The summed E-state index contributed by atoms with van der Waals surface area (Å²) in [6.07, 6.45) is 0. The number of hydrogen-bond donors (Lipinski definition) is 2. The van der Waals surface area contributed by atoms with Crippen molar-refractivity contribution in [1.82, 2.24) is 5.32 Å². The van der Waals surface area contributed by atoms with Crippen molar-refractivity contribution in [2.75, 3.05) is 5.32 Å². The summed E-state index contributed by atoms with van der Waals surface area (Å²) >= 11 is 6.94. The molecule has 1 aliphatic heterocycles. The first-order valence-corrected chi connectivity index (χ1v) is 5.99. The maximum Gasteiger partial charge on any atom is 0.208 e. The lowest BCUT2D eigenvalue weighted by Gasteiger charge is -2.20. The molecule has 0 atom stereocenters. The van der Waals surface area contributed by atoms with Crippen molar-refractivity contribution in [3.8, 4) is 0 Å². The number of benzene rings is 1. The van der Waals surface area contributed by atoms with Gasteiger partial charge < -0.3 is 10.6 Å². The van der Waals surface area contributed by atoms with Gasteiger partial charge in [-0.05, 0) is 26.0 Å². The summed E-state index contributed by atoms with van der Waals surface area (Å²) in [6, 6.07) is 3.23. The lowest BCUT2D eigenvalue weighted by Crippen LogP contribution is -2.36. The van der Waals surface area contributed by atoms with Crippen LogP contribution in [0.4, 0.5) is 10.1 Å². The van der Waals surface area contributed by atoms with Gasteiger partial charge in [0.05, 0.1) is 15.6 Å². The second-order valence-corrected chi connectivity index (χ2v) is 4.93. The molecule has 0 fully saturated rings. The van der Waals surface area contributed by atoms with E-state index in [2.05, 4.69) is 15.0 Å². The fourth-order valence-electron chi connectivity index (χ4n) is 1.28. The number of guanidine groups is 1. The van der Waals surface area contributed by atoms with Gasteiger partial charge in [0.15, 0.2) is 0 Å². The van der Waals surface area contributed by atoms with E-state index in [0.717, 1.165) is 10.6 Å². The lowest BCUT2D eigenvalue weighted by atomic mass is 10.3. The minimum Gasteiger partial charge on any atom is -0.353 e. The Kier molecular flexibility index (Phi) is 3.25. The van der Waals surface area contributed by atoms with E-state index in [0.29, 0.717) is 5.96 Å². The molecule has 0 amide bonds. The molecule has 0 radical (unpaired) electrons. The average molecular weight is 260 g/mol. The highest BCUT2D eigenvalue weighted by molar-refractivity contribution is 7.98. The standard InChI is InChI=1S/C10H11ClFN3S/c1-5(2)13-10-14-8-3-6(11)7(12)4-9(8)16-15-10/h3-5H,1-2H3,(H2,13,14,15). The van der Waals surface area contributed by atoms with Crippen LogP contribution in [-0.2, 0) is 0 Å². The third-order valence-corrected chi connectivity index (χ3v) is 3.03. The number of fused-ring (bicyclic) bond motifs is 1. The quantitative estimate of drug-likeness (QED) is 0.760. The van der Waals surface area contributed by atoms with Crippen molar-refractivity contribution in [3.63, 3.8) is 0 Å². The highest BCUT2D eigenvalue weighted by Crippen LogP contribution is 2.35. The second-order valence-electron chi connectivity index (χ2n) is 3.72. The van der Waals surface area contributed by atoms with Crippen LogP contribution in [0.1, 0.15) is 13.8 Å². The van der Waals surface area contributed by atoms with Crippen molar-refractivity contribution < 1.29 is 4.39 Å². The minimum atomic E-state index is -0.426. The summed E-state index contributed by atoms with van der Waals surface area (Å²) in [6.45, 7) is 4.03. The number of rotatable bonds is 1. The highest BCUT2D eigenvalue weighted by Gasteiger charge is 2.15. The van der Waals surface area contributed by atoms with E-state index < -0.39 is 5.82 Å². The Bertz CT molecular complexity index is 448. The number of halogens is 2. The molecule has 0 saturated carbocycles. The number of hydrogen-bond acceptors (Lipinski definition) is 4. The van der Waals surface area contributed by atoms with Crippen molar-refractivity contribution in [1.29, 1.82) is 0 Å². The Hall–Kier alpha value is -0.940. The zero-order chi connectivity index (χ0) is 11.7. The molecule has 0 aromatic heterocycles. The zero-order valence-electron chi connectivity index (χ0n) is 8.84. The number of nitrogens with one attached hydrogen (secondary N) is 2. The summed E-state index contributed by atoms with van der Waals surface area (Å²) < 4.78 is 17.4. The second kappa shape index (κ2) is 4.51. The van der Waals surface area contributed by atoms with Crippen molar-refractivity contribution in [2.24, 2.45) is 4.40 Å². The molecule has 1 aromatic rings. The molecular weight excluding hydrogens is 249 g/mol. The minimum absolute atomic E-state index is 0.109. The van der Waals surface area contributed by atoms with E-state index in [1.165, 1.54) is 18.0 Å². The predicted octanol–water partition coefficient (Wildman–Crippen LogP) is 3.27. The van der Waals surface area contributed by atoms with Crippen molar-refractivity contribution in [2.45, 2.75) is 24.8 Å². The molecule has 0 unspecified atom stereocenters. The Balaban J connectivity index is 2.23. The molecule has 2 rings (SSSR count). The Morgan fingerprint density at radius 3 is 2.94 bits per heavy atom. The van der Waals surface area contributed by atoms with Gasteiger partial charge in [-0.1, -0.05) is 11.6 Å². The molecule has 2 N–H and O–H groups in total. The van der Waals surface area contributed by atoms with E-state index in [9.17, 15) is 4.39 Å². The van der Waals surface area contributed by atoms with Crippen LogP contribution < -0.4 is 10.6 Å². The molecule has 1 aliphatic rings. The van der Waals surface area contributed by atoms with Gasteiger partial charge in [-0.15, -0.1) is 0 Å². The molecule has 3 nitrogen and oxygen atoms in total. The van der Waals surface area contributed by atoms with Crippen LogP contribution in [0.25, 0.3) is 0 Å². The first-order valence-electron chi connectivity index (χ1n) is 4.84. The fraction of sp³-hybridized carbons (Fsp3) is 0.300. The Morgan fingerprint density at radius 1 is 1.50 bits per heavy atom.